The lowest BCUT2D eigenvalue weighted by Gasteiger charge is -2.39. The van der Waals surface area contributed by atoms with Crippen molar-refractivity contribution in [2.75, 3.05) is 85.6 Å². The first-order chi connectivity index (χ1) is 31.0. The minimum absolute atomic E-state index is 0.0414. The molecule has 3 aliphatic rings. The molecule has 0 aliphatic carbocycles. The number of hydrogen-bond acceptors (Lipinski definition) is 9. The number of piperazine rings is 2. The molecular formula is C50H65FN8O5. The Hall–Kier alpha value is -5.99. The van der Waals surface area contributed by atoms with Crippen molar-refractivity contribution in [2.45, 2.75) is 53.4 Å². The SMILES string of the molecule is CC.CCc1cccc(-c2cnc(C)c(OC)c2)c1.N=C(Cc1ccc(F)c(C(=O)N2CCN(C(=O)CN3CCN(CC4CCN(C=O)CC4)CC3)CC2)c1)c1ccccc1C(N)=O. The Kier molecular flexibility index (Phi) is 18.5. The summed E-state index contributed by atoms with van der Waals surface area (Å²) in [4.78, 5) is 63.3. The van der Waals surface area contributed by atoms with E-state index in [4.69, 9.17) is 15.9 Å². The molecule has 3 aromatic carbocycles. The first-order valence-electron chi connectivity index (χ1n) is 22.5. The van der Waals surface area contributed by atoms with E-state index in [0.29, 0.717) is 49.8 Å². The highest BCUT2D eigenvalue weighted by Gasteiger charge is 2.29. The molecule has 7 rings (SSSR count). The van der Waals surface area contributed by atoms with E-state index in [1.807, 2.05) is 37.9 Å². The van der Waals surface area contributed by atoms with E-state index in [9.17, 15) is 23.6 Å². The fraction of sp³-hybridized carbons (Fsp3) is 0.440. The number of benzene rings is 3. The minimum atomic E-state index is -0.642. The fourth-order valence-electron chi connectivity index (χ4n) is 8.31. The van der Waals surface area contributed by atoms with Crippen molar-refractivity contribution in [3.8, 4) is 16.9 Å². The first kappa shape index (κ1) is 49.0. The summed E-state index contributed by atoms with van der Waals surface area (Å²) in [6.45, 7) is 16.1. The second kappa shape index (κ2) is 24.2. The van der Waals surface area contributed by atoms with Gasteiger partial charge in [-0.3, -0.25) is 29.1 Å². The third-order valence-electron chi connectivity index (χ3n) is 12.1. The van der Waals surface area contributed by atoms with Crippen LogP contribution in [0.1, 0.15) is 76.7 Å². The fourth-order valence-corrected chi connectivity index (χ4v) is 8.31. The number of rotatable bonds is 13. The number of carbonyl (C=O) groups excluding carboxylic acids is 4. The summed E-state index contributed by atoms with van der Waals surface area (Å²) in [5.41, 5.74) is 11.3. The number of pyridine rings is 1. The van der Waals surface area contributed by atoms with Gasteiger partial charge in [0.15, 0.2) is 0 Å². The molecule has 0 spiro atoms. The zero-order valence-corrected chi connectivity index (χ0v) is 38.2. The number of primary amides is 1. The van der Waals surface area contributed by atoms with Crippen LogP contribution in [0.5, 0.6) is 5.75 Å². The number of likely N-dealkylation sites (tertiary alicyclic amines) is 1. The maximum Gasteiger partial charge on any atom is 0.256 e. The second-order valence-corrected chi connectivity index (χ2v) is 16.3. The van der Waals surface area contributed by atoms with Crippen LogP contribution in [0.25, 0.3) is 11.1 Å². The molecule has 14 heteroatoms. The zero-order chi connectivity index (χ0) is 46.2. The number of aryl methyl sites for hydroxylation is 2. The smallest absolute Gasteiger partial charge is 0.256 e. The Labute approximate surface area is 377 Å². The molecular weight excluding hydrogens is 812 g/mol. The molecule has 13 nitrogen and oxygen atoms in total. The summed E-state index contributed by atoms with van der Waals surface area (Å²) in [7, 11) is 1.68. The molecule has 3 aliphatic heterocycles. The highest BCUT2D eigenvalue weighted by Crippen LogP contribution is 2.26. The monoisotopic (exact) mass is 877 g/mol. The Bertz CT molecular complexity index is 2210. The molecule has 4 heterocycles. The van der Waals surface area contributed by atoms with Gasteiger partial charge in [0.25, 0.3) is 5.91 Å². The quantitative estimate of drug-likeness (QED) is 0.123. The summed E-state index contributed by atoms with van der Waals surface area (Å²) >= 11 is 0. The predicted octanol–water partition coefficient (Wildman–Crippen LogP) is 5.96. The summed E-state index contributed by atoms with van der Waals surface area (Å²) in [6, 6.07) is 21.4. The number of methoxy groups -OCH3 is 1. The average Bonchev–Trinajstić information content (AvgIpc) is 3.33. The van der Waals surface area contributed by atoms with Crippen molar-refractivity contribution in [2.24, 2.45) is 11.7 Å². The van der Waals surface area contributed by atoms with Crippen LogP contribution in [0.3, 0.4) is 0 Å². The van der Waals surface area contributed by atoms with Gasteiger partial charge in [-0.05, 0) is 73.1 Å². The number of nitrogens with two attached hydrogens (primary N) is 1. The van der Waals surface area contributed by atoms with Crippen LogP contribution in [-0.4, -0.2) is 145 Å². The van der Waals surface area contributed by atoms with E-state index < -0.39 is 17.6 Å². The highest BCUT2D eigenvalue weighted by atomic mass is 19.1. The van der Waals surface area contributed by atoms with Crippen LogP contribution in [0.15, 0.2) is 79.0 Å². The van der Waals surface area contributed by atoms with Crippen LogP contribution in [0.2, 0.25) is 0 Å². The number of ether oxygens (including phenoxy) is 1. The van der Waals surface area contributed by atoms with E-state index in [1.54, 1.807) is 41.2 Å². The molecule has 3 fully saturated rings. The van der Waals surface area contributed by atoms with Gasteiger partial charge in [-0.15, -0.1) is 0 Å². The lowest BCUT2D eigenvalue weighted by molar-refractivity contribution is -0.134. The van der Waals surface area contributed by atoms with Crippen LogP contribution in [-0.2, 0) is 22.4 Å². The molecule has 0 bridgehead atoms. The number of nitrogens with one attached hydrogen (secondary N) is 1. The third kappa shape index (κ3) is 13.3. The number of carbonyl (C=O) groups is 4. The van der Waals surface area contributed by atoms with Gasteiger partial charge in [0.1, 0.15) is 11.6 Å². The minimum Gasteiger partial charge on any atom is -0.495 e. The van der Waals surface area contributed by atoms with Gasteiger partial charge in [0, 0.05) is 107 Å². The normalized spacial score (nSPS) is 15.9. The number of hydrogen-bond donors (Lipinski definition) is 2. The molecule has 1 aromatic heterocycles. The Morgan fingerprint density at radius 2 is 1.45 bits per heavy atom. The van der Waals surface area contributed by atoms with E-state index in [1.165, 1.54) is 29.3 Å². The summed E-state index contributed by atoms with van der Waals surface area (Å²) < 4.78 is 20.1. The average molecular weight is 877 g/mol. The van der Waals surface area contributed by atoms with Gasteiger partial charge >= 0.3 is 0 Å². The largest absolute Gasteiger partial charge is 0.495 e. The van der Waals surface area contributed by atoms with Crippen molar-refractivity contribution in [1.82, 2.24) is 29.5 Å². The molecule has 0 radical (unpaired) electrons. The molecule has 3 N–H and O–H groups in total. The van der Waals surface area contributed by atoms with Crippen molar-refractivity contribution >= 4 is 29.8 Å². The summed E-state index contributed by atoms with van der Waals surface area (Å²) in [6.07, 6.45) is 6.07. The summed E-state index contributed by atoms with van der Waals surface area (Å²) in [5.74, 6) is -0.228. The van der Waals surface area contributed by atoms with E-state index in [2.05, 4.69) is 46.0 Å². The Morgan fingerprint density at radius 1 is 0.797 bits per heavy atom. The van der Waals surface area contributed by atoms with Crippen LogP contribution in [0, 0.1) is 24.1 Å². The first-order valence-corrected chi connectivity index (χ1v) is 22.5. The van der Waals surface area contributed by atoms with Crippen molar-refractivity contribution in [3.05, 3.63) is 118 Å². The Morgan fingerprint density at radius 3 is 2.09 bits per heavy atom. The van der Waals surface area contributed by atoms with Crippen molar-refractivity contribution < 1.29 is 28.3 Å². The molecule has 0 unspecified atom stereocenters. The molecule has 3 saturated heterocycles. The molecule has 0 saturated carbocycles. The van der Waals surface area contributed by atoms with Gasteiger partial charge in [-0.1, -0.05) is 69.3 Å². The molecule has 4 amide bonds. The van der Waals surface area contributed by atoms with Gasteiger partial charge < -0.3 is 35.5 Å². The highest BCUT2D eigenvalue weighted by molar-refractivity contribution is 6.09. The van der Waals surface area contributed by atoms with Crippen molar-refractivity contribution in [3.63, 3.8) is 0 Å². The zero-order valence-electron chi connectivity index (χ0n) is 38.2. The van der Waals surface area contributed by atoms with E-state index in [0.717, 1.165) is 88.5 Å². The number of aromatic nitrogens is 1. The number of nitrogens with zero attached hydrogens (tertiary/aromatic N) is 6. The van der Waals surface area contributed by atoms with Gasteiger partial charge in [0.05, 0.1) is 24.9 Å². The maximum absolute atomic E-state index is 14.8. The van der Waals surface area contributed by atoms with Crippen LogP contribution < -0.4 is 10.5 Å². The second-order valence-electron chi connectivity index (χ2n) is 16.3. The molecule has 342 valence electrons. The van der Waals surface area contributed by atoms with E-state index >= 15 is 0 Å². The number of halogens is 1. The topological polar surface area (TPSA) is 156 Å². The third-order valence-corrected chi connectivity index (χ3v) is 12.1. The van der Waals surface area contributed by atoms with E-state index in [-0.39, 0.29) is 29.2 Å². The molecule has 4 aromatic rings. The van der Waals surface area contributed by atoms with Crippen LogP contribution >= 0.6 is 0 Å². The Balaban J connectivity index is 0.000000338. The van der Waals surface area contributed by atoms with Gasteiger partial charge in [-0.25, -0.2) is 4.39 Å². The predicted molar refractivity (Wildman–Crippen MR) is 249 cm³/mol. The molecule has 0 atom stereocenters. The van der Waals surface area contributed by atoms with Crippen LogP contribution in [0.4, 0.5) is 4.39 Å². The van der Waals surface area contributed by atoms with Crippen molar-refractivity contribution in [1.29, 1.82) is 5.41 Å². The summed E-state index contributed by atoms with van der Waals surface area (Å²) in [5, 5.41) is 8.51. The number of piperidine rings is 1. The van der Waals surface area contributed by atoms with Gasteiger partial charge in [-0.2, -0.15) is 0 Å². The maximum atomic E-state index is 14.8. The molecule has 64 heavy (non-hydrogen) atoms. The lowest BCUT2D eigenvalue weighted by atomic mass is 9.96. The number of amides is 4. The lowest BCUT2D eigenvalue weighted by Crippen LogP contribution is -2.55. The van der Waals surface area contributed by atoms with Gasteiger partial charge in [0.2, 0.25) is 18.2 Å². The standard InChI is InChI=1S/C33H42FN7O4.C15H17NO.C2H6/c34-29-6-5-25(20-30(35)26-3-1-2-4-27(26)32(36)44)19-28(29)33(45)41-17-15-40(16-18-41)31(43)22-38-13-11-37(12-14-38)21-24-7-9-39(23-42)10-8-24;1-4-12-6-5-7-13(8-12)14-9-15(17-3)11(2)16-10-14;1-2/h1-6,19,23-24,35H,7-18,20-22H2,(H2,36,44);5-10H,4H2,1-3H3;1-2H3.